The first-order valence-electron chi connectivity index (χ1n) is 10.00. The number of benzene rings is 1. The fourth-order valence-electron chi connectivity index (χ4n) is 4.08. The molecule has 0 spiro atoms. The lowest BCUT2D eigenvalue weighted by atomic mass is 10.1. The monoisotopic (exact) mass is 419 g/mol. The van der Waals surface area contributed by atoms with Crippen molar-refractivity contribution in [2.24, 2.45) is 11.7 Å². The Hall–Kier alpha value is -3.95. The lowest BCUT2D eigenvalue weighted by Crippen LogP contribution is -2.39. The molecule has 2 aliphatic carbocycles. The van der Waals surface area contributed by atoms with Crippen LogP contribution in [0.4, 0.5) is 22.2 Å². The van der Waals surface area contributed by atoms with E-state index >= 15 is 0 Å². The van der Waals surface area contributed by atoms with Crippen molar-refractivity contribution >= 4 is 40.4 Å². The first-order chi connectivity index (χ1) is 14.9. The number of rotatable bonds is 7. The maximum atomic E-state index is 11.9. The SMILES string of the molecule is NC(=O)c1cnc(NC2CC2C2(NC(=O)O)CC2)nc1Nc1ccc2ncccc2c1. The molecule has 6 N–H and O–H groups in total. The van der Waals surface area contributed by atoms with Crippen LogP contribution < -0.4 is 21.7 Å². The average molecular weight is 419 g/mol. The van der Waals surface area contributed by atoms with E-state index in [-0.39, 0.29) is 23.1 Å². The van der Waals surface area contributed by atoms with Gasteiger partial charge < -0.3 is 26.8 Å². The fraction of sp³-hybridized carbons (Fsp3) is 0.286. The Bertz CT molecular complexity index is 1190. The number of hydrogen-bond acceptors (Lipinski definition) is 7. The minimum absolute atomic E-state index is 0.0772. The van der Waals surface area contributed by atoms with Gasteiger partial charge in [0.05, 0.1) is 5.52 Å². The molecule has 10 heteroatoms. The zero-order valence-corrected chi connectivity index (χ0v) is 16.5. The quantitative estimate of drug-likeness (QED) is 0.391. The largest absolute Gasteiger partial charge is 0.465 e. The highest BCUT2D eigenvalue weighted by molar-refractivity contribution is 5.98. The van der Waals surface area contributed by atoms with E-state index in [9.17, 15) is 9.59 Å². The standard InChI is InChI=1S/C21H21N7O3/c22-17(29)13-10-24-19(26-16-9-14(16)21(5-6-21)28-20(30)31)27-18(13)25-12-3-4-15-11(8-12)2-1-7-23-15/h1-4,7-8,10,14,16,28H,5-6,9H2,(H2,22,29)(H,30,31)(H2,24,25,26,27). The number of carboxylic acid groups (broad SMARTS) is 1. The summed E-state index contributed by atoms with van der Waals surface area (Å²) in [6.45, 7) is 0. The molecule has 1 aromatic carbocycles. The minimum atomic E-state index is -0.998. The molecule has 3 aromatic rings. The second-order valence-corrected chi connectivity index (χ2v) is 8.04. The summed E-state index contributed by atoms with van der Waals surface area (Å²) in [5.41, 5.74) is 6.94. The van der Waals surface area contributed by atoms with Crippen LogP contribution in [0.2, 0.25) is 0 Å². The fourth-order valence-corrected chi connectivity index (χ4v) is 4.08. The smallest absolute Gasteiger partial charge is 0.405 e. The van der Waals surface area contributed by atoms with Gasteiger partial charge in [-0.25, -0.2) is 9.78 Å². The van der Waals surface area contributed by atoms with Crippen LogP contribution in [0.1, 0.15) is 29.6 Å². The maximum absolute atomic E-state index is 11.9. The molecule has 0 saturated heterocycles. The number of primary amides is 1. The van der Waals surface area contributed by atoms with Gasteiger partial charge in [0.2, 0.25) is 5.95 Å². The van der Waals surface area contributed by atoms with E-state index in [1.165, 1.54) is 6.20 Å². The van der Waals surface area contributed by atoms with Gasteiger partial charge in [-0.1, -0.05) is 6.07 Å². The third-order valence-corrected chi connectivity index (χ3v) is 5.88. The van der Waals surface area contributed by atoms with Crippen LogP contribution in [0.15, 0.2) is 42.7 Å². The first kappa shape index (κ1) is 19.0. The van der Waals surface area contributed by atoms with Gasteiger partial charge in [-0.3, -0.25) is 9.78 Å². The van der Waals surface area contributed by atoms with E-state index in [4.69, 9.17) is 10.8 Å². The molecule has 0 bridgehead atoms. The molecule has 2 unspecified atom stereocenters. The summed E-state index contributed by atoms with van der Waals surface area (Å²) in [5.74, 6) is 0.222. The minimum Gasteiger partial charge on any atom is -0.465 e. The topological polar surface area (TPSA) is 155 Å². The number of nitrogens with two attached hydrogens (primary N) is 1. The van der Waals surface area contributed by atoms with Gasteiger partial charge in [-0.15, -0.1) is 0 Å². The average Bonchev–Trinajstić information content (AvgIpc) is 3.65. The molecular formula is C21H21N7O3. The number of nitrogens with zero attached hydrogens (tertiary/aromatic N) is 3. The van der Waals surface area contributed by atoms with Gasteiger partial charge in [-0.2, -0.15) is 4.98 Å². The molecule has 2 aliphatic rings. The Labute approximate surface area is 177 Å². The normalized spacial score (nSPS) is 20.6. The third-order valence-electron chi connectivity index (χ3n) is 5.88. The van der Waals surface area contributed by atoms with Crippen LogP contribution >= 0.6 is 0 Å². The Morgan fingerprint density at radius 1 is 1.19 bits per heavy atom. The Morgan fingerprint density at radius 3 is 2.77 bits per heavy atom. The van der Waals surface area contributed by atoms with Gasteiger partial charge >= 0.3 is 6.09 Å². The van der Waals surface area contributed by atoms with Crippen LogP contribution in [0.5, 0.6) is 0 Å². The highest BCUT2D eigenvalue weighted by Gasteiger charge is 2.60. The van der Waals surface area contributed by atoms with Gasteiger partial charge in [0.25, 0.3) is 5.91 Å². The van der Waals surface area contributed by atoms with E-state index in [2.05, 4.69) is 30.9 Å². The lowest BCUT2D eigenvalue weighted by molar-refractivity contribution is 0.100. The summed E-state index contributed by atoms with van der Waals surface area (Å²) in [4.78, 5) is 35.9. The predicted molar refractivity (Wildman–Crippen MR) is 114 cm³/mol. The van der Waals surface area contributed by atoms with Crippen LogP contribution in [-0.4, -0.2) is 43.6 Å². The Balaban J connectivity index is 1.35. The summed E-state index contributed by atoms with van der Waals surface area (Å²) >= 11 is 0. The van der Waals surface area contributed by atoms with Crippen molar-refractivity contribution in [3.63, 3.8) is 0 Å². The van der Waals surface area contributed by atoms with Crippen LogP contribution in [0.3, 0.4) is 0 Å². The third kappa shape index (κ3) is 3.79. The number of carbonyl (C=O) groups excluding carboxylic acids is 1. The number of fused-ring (bicyclic) bond motifs is 1. The molecule has 2 amide bonds. The molecule has 31 heavy (non-hydrogen) atoms. The van der Waals surface area contributed by atoms with Gasteiger partial charge in [-0.05, 0) is 43.5 Å². The van der Waals surface area contributed by atoms with Crippen molar-refractivity contribution in [3.05, 3.63) is 48.3 Å². The summed E-state index contributed by atoms with van der Waals surface area (Å²) in [6.07, 6.45) is 4.64. The number of nitrogens with one attached hydrogen (secondary N) is 3. The summed E-state index contributed by atoms with van der Waals surface area (Å²) < 4.78 is 0. The molecule has 0 radical (unpaired) electrons. The van der Waals surface area contributed by atoms with Crippen molar-refractivity contribution in [1.29, 1.82) is 0 Å². The zero-order chi connectivity index (χ0) is 21.6. The first-order valence-corrected chi connectivity index (χ1v) is 10.00. The molecule has 5 rings (SSSR count). The molecule has 2 saturated carbocycles. The van der Waals surface area contributed by atoms with Crippen molar-refractivity contribution in [2.45, 2.75) is 30.8 Å². The number of hydrogen-bond donors (Lipinski definition) is 5. The summed E-state index contributed by atoms with van der Waals surface area (Å²) in [6, 6.07) is 9.51. The molecule has 2 fully saturated rings. The predicted octanol–water partition coefficient (Wildman–Crippen LogP) is 2.47. The number of amides is 2. The molecule has 0 aliphatic heterocycles. The van der Waals surface area contributed by atoms with Crippen molar-refractivity contribution < 1.29 is 14.7 Å². The van der Waals surface area contributed by atoms with E-state index in [0.717, 1.165) is 35.9 Å². The number of anilines is 3. The molecule has 10 nitrogen and oxygen atoms in total. The molecular weight excluding hydrogens is 398 g/mol. The van der Waals surface area contributed by atoms with Gasteiger partial charge in [0.1, 0.15) is 11.4 Å². The Kier molecular flexibility index (Phi) is 4.35. The van der Waals surface area contributed by atoms with E-state index in [0.29, 0.717) is 11.8 Å². The second-order valence-electron chi connectivity index (χ2n) is 8.04. The number of carbonyl (C=O) groups is 2. The van der Waals surface area contributed by atoms with E-state index < -0.39 is 12.0 Å². The van der Waals surface area contributed by atoms with Crippen molar-refractivity contribution in [2.75, 3.05) is 10.6 Å². The number of pyridine rings is 1. The van der Waals surface area contributed by atoms with Crippen LogP contribution in [0, 0.1) is 5.92 Å². The summed E-state index contributed by atoms with van der Waals surface area (Å²) in [7, 11) is 0. The maximum Gasteiger partial charge on any atom is 0.405 e. The van der Waals surface area contributed by atoms with E-state index in [1.807, 2.05) is 30.3 Å². The van der Waals surface area contributed by atoms with E-state index in [1.54, 1.807) is 6.20 Å². The molecule has 2 heterocycles. The van der Waals surface area contributed by atoms with Crippen LogP contribution in [0.25, 0.3) is 10.9 Å². The summed E-state index contributed by atoms with van der Waals surface area (Å²) in [5, 5.41) is 19.0. The highest BCUT2D eigenvalue weighted by atomic mass is 16.4. The number of aromatic nitrogens is 3. The van der Waals surface area contributed by atoms with Crippen LogP contribution in [-0.2, 0) is 0 Å². The zero-order valence-electron chi connectivity index (χ0n) is 16.5. The molecule has 2 atom stereocenters. The lowest BCUT2D eigenvalue weighted by Gasteiger charge is -2.16. The second kappa shape index (κ2) is 7.08. The molecule has 158 valence electrons. The van der Waals surface area contributed by atoms with Crippen molar-refractivity contribution in [1.82, 2.24) is 20.3 Å². The Morgan fingerprint density at radius 2 is 2.03 bits per heavy atom. The van der Waals surface area contributed by atoms with Gasteiger partial charge in [0, 0.05) is 41.0 Å². The van der Waals surface area contributed by atoms with Gasteiger partial charge in [0.15, 0.2) is 0 Å². The molecule has 2 aromatic heterocycles. The highest BCUT2D eigenvalue weighted by Crippen LogP contribution is 2.54. The van der Waals surface area contributed by atoms with Crippen molar-refractivity contribution in [3.8, 4) is 0 Å².